The van der Waals surface area contributed by atoms with Crippen molar-refractivity contribution in [1.82, 2.24) is 30.2 Å². The van der Waals surface area contributed by atoms with Crippen molar-refractivity contribution in [2.75, 3.05) is 0 Å². The van der Waals surface area contributed by atoms with Gasteiger partial charge in [0.25, 0.3) is 0 Å². The Morgan fingerprint density at radius 1 is 1.42 bits per heavy atom. The molecule has 0 bridgehead atoms. The highest BCUT2D eigenvalue weighted by Crippen LogP contribution is 2.21. The van der Waals surface area contributed by atoms with Crippen LogP contribution in [0, 0.1) is 6.92 Å². The molecule has 2 aromatic heterocycles. The van der Waals surface area contributed by atoms with E-state index in [2.05, 4.69) is 25.5 Å². The van der Waals surface area contributed by atoms with Crippen LogP contribution in [0.1, 0.15) is 31.5 Å². The van der Waals surface area contributed by atoms with E-state index in [0.717, 1.165) is 5.69 Å². The highest BCUT2D eigenvalue weighted by Gasteiger charge is 2.20. The Morgan fingerprint density at radius 3 is 2.79 bits per heavy atom. The van der Waals surface area contributed by atoms with E-state index >= 15 is 0 Å². The first-order chi connectivity index (χ1) is 9.11. The molecule has 0 saturated carbocycles. The van der Waals surface area contributed by atoms with Gasteiger partial charge >= 0.3 is 5.97 Å². The summed E-state index contributed by atoms with van der Waals surface area (Å²) in [5.74, 6) is -0.455. The zero-order valence-electron chi connectivity index (χ0n) is 10.7. The van der Waals surface area contributed by atoms with Crippen molar-refractivity contribution in [2.24, 2.45) is 0 Å². The van der Waals surface area contributed by atoms with Gasteiger partial charge in [0.2, 0.25) is 5.82 Å². The number of aromatic nitrogens is 6. The third kappa shape index (κ3) is 2.90. The number of tetrazole rings is 1. The van der Waals surface area contributed by atoms with Gasteiger partial charge in [-0.2, -0.15) is 0 Å². The molecule has 2 aromatic rings. The van der Waals surface area contributed by atoms with Crippen molar-refractivity contribution in [3.63, 3.8) is 0 Å². The van der Waals surface area contributed by atoms with Crippen LogP contribution in [0.2, 0.25) is 0 Å². The average Bonchev–Trinajstić information content (AvgIpc) is 2.85. The molecule has 0 aliphatic carbocycles. The molecular weight excluding hydrogens is 248 g/mol. The van der Waals surface area contributed by atoms with Gasteiger partial charge in [0.05, 0.1) is 24.4 Å². The molecule has 0 aromatic carbocycles. The molecule has 100 valence electrons. The molecule has 0 saturated heterocycles. The van der Waals surface area contributed by atoms with Crippen molar-refractivity contribution in [3.8, 4) is 11.5 Å². The molecule has 0 amide bonds. The summed E-state index contributed by atoms with van der Waals surface area (Å²) in [5, 5.41) is 20.3. The summed E-state index contributed by atoms with van der Waals surface area (Å²) in [6.45, 7) is 3.72. The first-order valence-corrected chi connectivity index (χ1v) is 5.90. The summed E-state index contributed by atoms with van der Waals surface area (Å²) in [5.41, 5.74) is 1.32. The summed E-state index contributed by atoms with van der Waals surface area (Å²) in [4.78, 5) is 19.2. The normalized spacial score (nSPS) is 12.3. The predicted octanol–water partition coefficient (Wildman–Crippen LogP) is 0.864. The van der Waals surface area contributed by atoms with E-state index in [1.165, 1.54) is 4.68 Å². The molecular formula is C11H14N6O2. The lowest BCUT2D eigenvalue weighted by Crippen LogP contribution is -2.16. The van der Waals surface area contributed by atoms with Crippen LogP contribution >= 0.6 is 0 Å². The molecule has 8 nitrogen and oxygen atoms in total. The van der Waals surface area contributed by atoms with E-state index in [4.69, 9.17) is 5.11 Å². The second-order valence-electron chi connectivity index (χ2n) is 4.15. The van der Waals surface area contributed by atoms with E-state index in [1.54, 1.807) is 12.4 Å². The molecule has 19 heavy (non-hydrogen) atoms. The zero-order valence-corrected chi connectivity index (χ0v) is 10.7. The molecule has 1 atom stereocenters. The third-order valence-corrected chi connectivity index (χ3v) is 2.73. The van der Waals surface area contributed by atoms with E-state index in [9.17, 15) is 4.79 Å². The average molecular weight is 262 g/mol. The molecule has 8 heteroatoms. The number of rotatable bonds is 5. The van der Waals surface area contributed by atoms with Crippen LogP contribution in [0.3, 0.4) is 0 Å². The lowest BCUT2D eigenvalue weighted by molar-refractivity contribution is -0.138. The Balaban J connectivity index is 2.35. The minimum atomic E-state index is -0.886. The minimum Gasteiger partial charge on any atom is -0.481 e. The van der Waals surface area contributed by atoms with Gasteiger partial charge in [-0.05, 0) is 23.8 Å². The standard InChI is InChI=1S/C11H14N6O2/c1-3-8(4-10(18)19)17-11(14-15-16-17)9-6-12-7(2)5-13-9/h5-6,8H,3-4H2,1-2H3,(H,18,19). The number of carboxylic acids is 1. The Morgan fingerprint density at radius 2 is 2.21 bits per heavy atom. The summed E-state index contributed by atoms with van der Waals surface area (Å²) in [6.07, 6.45) is 3.77. The van der Waals surface area contributed by atoms with Crippen LogP contribution in [-0.2, 0) is 4.79 Å². The summed E-state index contributed by atoms with van der Waals surface area (Å²) >= 11 is 0. The second-order valence-corrected chi connectivity index (χ2v) is 4.15. The topological polar surface area (TPSA) is 107 Å². The number of carboxylic acid groups (broad SMARTS) is 1. The van der Waals surface area contributed by atoms with Gasteiger partial charge in [-0.1, -0.05) is 6.92 Å². The molecule has 1 unspecified atom stereocenters. The first kappa shape index (κ1) is 13.1. The van der Waals surface area contributed by atoms with Gasteiger partial charge in [-0.3, -0.25) is 9.78 Å². The van der Waals surface area contributed by atoms with Gasteiger partial charge in [-0.25, -0.2) is 9.67 Å². The fourth-order valence-electron chi connectivity index (χ4n) is 1.72. The van der Waals surface area contributed by atoms with Crippen LogP contribution in [0.25, 0.3) is 11.5 Å². The van der Waals surface area contributed by atoms with Gasteiger partial charge in [0.15, 0.2) is 0 Å². The van der Waals surface area contributed by atoms with Gasteiger partial charge in [0.1, 0.15) is 5.69 Å². The number of aliphatic carboxylic acids is 1. The summed E-state index contributed by atoms with van der Waals surface area (Å²) in [7, 11) is 0. The highest BCUT2D eigenvalue weighted by atomic mass is 16.4. The van der Waals surface area contributed by atoms with Crippen molar-refractivity contribution in [2.45, 2.75) is 32.7 Å². The Kier molecular flexibility index (Phi) is 3.79. The first-order valence-electron chi connectivity index (χ1n) is 5.90. The molecule has 0 spiro atoms. The number of aryl methyl sites for hydroxylation is 1. The molecule has 0 radical (unpaired) electrons. The summed E-state index contributed by atoms with van der Waals surface area (Å²) < 4.78 is 1.49. The van der Waals surface area contributed by atoms with E-state index in [-0.39, 0.29) is 12.5 Å². The van der Waals surface area contributed by atoms with Crippen LogP contribution < -0.4 is 0 Å². The lowest BCUT2D eigenvalue weighted by Gasteiger charge is -2.13. The molecule has 0 aliphatic rings. The van der Waals surface area contributed by atoms with Crippen molar-refractivity contribution >= 4 is 5.97 Å². The van der Waals surface area contributed by atoms with Crippen molar-refractivity contribution in [3.05, 3.63) is 18.1 Å². The smallest absolute Gasteiger partial charge is 0.305 e. The molecule has 0 fully saturated rings. The maximum absolute atomic E-state index is 10.8. The van der Waals surface area contributed by atoms with E-state index < -0.39 is 5.97 Å². The van der Waals surface area contributed by atoms with Gasteiger partial charge in [-0.15, -0.1) is 5.10 Å². The SMILES string of the molecule is CCC(CC(=O)O)n1nnnc1-c1cnc(C)cn1. The van der Waals surface area contributed by atoms with E-state index in [0.29, 0.717) is 17.9 Å². The number of carbonyl (C=O) groups is 1. The number of hydrogen-bond donors (Lipinski definition) is 1. The largest absolute Gasteiger partial charge is 0.481 e. The Bertz CT molecular complexity index is 565. The van der Waals surface area contributed by atoms with Crippen LogP contribution in [0.5, 0.6) is 0 Å². The summed E-state index contributed by atoms with van der Waals surface area (Å²) in [6, 6.07) is -0.300. The monoisotopic (exact) mass is 262 g/mol. The van der Waals surface area contributed by atoms with Crippen molar-refractivity contribution in [1.29, 1.82) is 0 Å². The fraction of sp³-hybridized carbons (Fsp3) is 0.455. The van der Waals surface area contributed by atoms with Crippen LogP contribution in [-0.4, -0.2) is 41.3 Å². The van der Waals surface area contributed by atoms with Gasteiger partial charge in [0, 0.05) is 6.20 Å². The maximum atomic E-state index is 10.8. The quantitative estimate of drug-likeness (QED) is 0.851. The Hall–Kier alpha value is -2.38. The molecule has 1 N–H and O–H groups in total. The molecule has 0 aliphatic heterocycles. The third-order valence-electron chi connectivity index (χ3n) is 2.73. The highest BCUT2D eigenvalue weighted by molar-refractivity contribution is 5.67. The van der Waals surface area contributed by atoms with Gasteiger partial charge < -0.3 is 5.11 Å². The molecule has 2 rings (SSSR count). The van der Waals surface area contributed by atoms with Crippen LogP contribution in [0.15, 0.2) is 12.4 Å². The molecule has 2 heterocycles. The van der Waals surface area contributed by atoms with Crippen LogP contribution in [0.4, 0.5) is 0 Å². The second kappa shape index (κ2) is 5.51. The zero-order chi connectivity index (χ0) is 13.8. The number of nitrogens with zero attached hydrogens (tertiary/aromatic N) is 6. The lowest BCUT2D eigenvalue weighted by atomic mass is 10.1. The Labute approximate surface area is 109 Å². The maximum Gasteiger partial charge on any atom is 0.305 e. The predicted molar refractivity (Wildman–Crippen MR) is 65.2 cm³/mol. The van der Waals surface area contributed by atoms with Crippen molar-refractivity contribution < 1.29 is 9.90 Å². The fourth-order valence-corrected chi connectivity index (χ4v) is 1.72. The van der Waals surface area contributed by atoms with E-state index in [1.807, 2.05) is 13.8 Å². The number of hydrogen-bond acceptors (Lipinski definition) is 6. The minimum absolute atomic E-state index is 0.0339.